The molecule has 0 spiro atoms. The zero-order valence-electron chi connectivity index (χ0n) is 9.33. The van der Waals surface area contributed by atoms with E-state index in [1.807, 2.05) is 0 Å². The lowest BCUT2D eigenvalue weighted by Gasteiger charge is -2.34. The maximum atomic E-state index is 10.6. The van der Waals surface area contributed by atoms with Crippen LogP contribution in [-0.4, -0.2) is 36.1 Å². The molecule has 1 aromatic heterocycles. The zero-order valence-corrected chi connectivity index (χ0v) is 10.2. The number of fused-ring (bicyclic) bond motifs is 1. The van der Waals surface area contributed by atoms with Gasteiger partial charge in [0, 0.05) is 13.1 Å². The number of anilines is 1. The summed E-state index contributed by atoms with van der Waals surface area (Å²) in [6.07, 6.45) is 2.52. The van der Waals surface area contributed by atoms with Crippen LogP contribution in [0.25, 0.3) is 0 Å². The van der Waals surface area contributed by atoms with E-state index in [-0.39, 0.29) is 9.92 Å². The summed E-state index contributed by atoms with van der Waals surface area (Å²) in [7, 11) is 0. The molecule has 92 valence electrons. The molecule has 1 N–H and O–H groups in total. The van der Waals surface area contributed by atoms with Gasteiger partial charge in [-0.25, -0.2) is 4.98 Å². The van der Waals surface area contributed by atoms with E-state index in [1.165, 1.54) is 17.5 Å². The minimum absolute atomic E-state index is 0.131. The predicted octanol–water partition coefficient (Wildman–Crippen LogP) is 1.10. The van der Waals surface area contributed by atoms with Gasteiger partial charge in [-0.1, -0.05) is 0 Å². The molecule has 3 rings (SSSR count). The van der Waals surface area contributed by atoms with Crippen LogP contribution >= 0.6 is 11.3 Å². The van der Waals surface area contributed by atoms with E-state index in [1.54, 1.807) is 0 Å². The molecule has 1 aromatic rings. The predicted molar refractivity (Wildman–Crippen MR) is 65.4 cm³/mol. The highest BCUT2D eigenvalue weighted by Gasteiger charge is 2.34. The summed E-state index contributed by atoms with van der Waals surface area (Å²) < 4.78 is 0. The molecular weight excluding hydrogens is 240 g/mol. The number of thiazole rings is 1. The summed E-state index contributed by atoms with van der Waals surface area (Å²) in [6, 6.07) is 0. The van der Waals surface area contributed by atoms with Crippen LogP contribution in [0.15, 0.2) is 6.20 Å². The van der Waals surface area contributed by atoms with E-state index >= 15 is 0 Å². The van der Waals surface area contributed by atoms with E-state index < -0.39 is 0 Å². The fraction of sp³-hybridized carbons (Fsp3) is 0.700. The molecule has 2 aliphatic heterocycles. The van der Waals surface area contributed by atoms with Crippen molar-refractivity contribution in [2.45, 2.75) is 6.42 Å². The number of rotatable bonds is 2. The van der Waals surface area contributed by atoms with Crippen molar-refractivity contribution in [2.24, 2.45) is 11.8 Å². The van der Waals surface area contributed by atoms with Crippen molar-refractivity contribution >= 4 is 21.5 Å². The largest absolute Gasteiger partial charge is 0.348 e. The summed E-state index contributed by atoms with van der Waals surface area (Å²) >= 11 is 1.18. The summed E-state index contributed by atoms with van der Waals surface area (Å²) in [4.78, 5) is 16.6. The Kier molecular flexibility index (Phi) is 2.71. The van der Waals surface area contributed by atoms with E-state index in [4.69, 9.17) is 0 Å². The monoisotopic (exact) mass is 254 g/mol. The second kappa shape index (κ2) is 4.23. The smallest absolute Gasteiger partial charge is 0.345 e. The number of nitro groups is 1. The van der Waals surface area contributed by atoms with Crippen LogP contribution in [0.5, 0.6) is 0 Å². The van der Waals surface area contributed by atoms with Gasteiger partial charge in [0.25, 0.3) is 0 Å². The molecule has 0 aliphatic carbocycles. The summed E-state index contributed by atoms with van der Waals surface area (Å²) in [6.45, 7) is 4.13. The van der Waals surface area contributed by atoms with Crippen molar-refractivity contribution in [3.05, 3.63) is 16.3 Å². The van der Waals surface area contributed by atoms with E-state index in [2.05, 4.69) is 15.2 Å². The SMILES string of the molecule is O=[N+]([O-])c1cnc(N2CCC3CNCC3C2)s1. The first-order valence-electron chi connectivity index (χ1n) is 5.80. The number of nitrogens with zero attached hydrogens (tertiary/aromatic N) is 3. The molecule has 0 aromatic carbocycles. The maximum Gasteiger partial charge on any atom is 0.345 e. The first-order valence-corrected chi connectivity index (χ1v) is 6.61. The van der Waals surface area contributed by atoms with Crippen LogP contribution in [0.3, 0.4) is 0 Å². The first kappa shape index (κ1) is 10.9. The molecule has 2 fully saturated rings. The number of nitrogens with one attached hydrogen (secondary N) is 1. The average Bonchev–Trinajstić information content (AvgIpc) is 2.97. The maximum absolute atomic E-state index is 10.6. The number of hydrogen-bond acceptors (Lipinski definition) is 6. The minimum atomic E-state index is -0.370. The van der Waals surface area contributed by atoms with Gasteiger partial charge < -0.3 is 10.2 Å². The van der Waals surface area contributed by atoms with Crippen molar-refractivity contribution in [1.29, 1.82) is 0 Å². The Bertz CT molecular complexity index is 436. The lowest BCUT2D eigenvalue weighted by molar-refractivity contribution is -0.380. The van der Waals surface area contributed by atoms with Crippen LogP contribution < -0.4 is 10.2 Å². The van der Waals surface area contributed by atoms with Crippen LogP contribution in [0.4, 0.5) is 10.1 Å². The summed E-state index contributed by atoms with van der Waals surface area (Å²) in [5, 5.41) is 15.0. The fourth-order valence-electron chi connectivity index (χ4n) is 2.70. The van der Waals surface area contributed by atoms with Gasteiger partial charge >= 0.3 is 5.00 Å². The van der Waals surface area contributed by atoms with Crippen molar-refractivity contribution in [2.75, 3.05) is 31.1 Å². The number of hydrogen-bond donors (Lipinski definition) is 1. The quantitative estimate of drug-likeness (QED) is 0.632. The highest BCUT2D eigenvalue weighted by molar-refractivity contribution is 7.18. The van der Waals surface area contributed by atoms with Crippen LogP contribution in [0.1, 0.15) is 6.42 Å². The molecule has 2 saturated heterocycles. The molecule has 6 nitrogen and oxygen atoms in total. The van der Waals surface area contributed by atoms with Gasteiger partial charge in [-0.3, -0.25) is 10.1 Å². The molecule has 0 radical (unpaired) electrons. The molecule has 7 heteroatoms. The molecule has 0 saturated carbocycles. The van der Waals surface area contributed by atoms with E-state index in [0.29, 0.717) is 5.92 Å². The standard InChI is InChI=1S/C10H14N4O2S/c15-14(16)9-5-12-10(17-9)13-2-1-7-3-11-4-8(7)6-13/h5,7-8,11H,1-4,6H2. The Morgan fingerprint density at radius 1 is 1.53 bits per heavy atom. The number of aromatic nitrogens is 1. The third-order valence-corrected chi connectivity index (χ3v) is 4.65. The Labute approximate surface area is 103 Å². The Morgan fingerprint density at radius 2 is 2.35 bits per heavy atom. The Hall–Kier alpha value is -1.21. The van der Waals surface area contributed by atoms with Crippen molar-refractivity contribution < 1.29 is 4.92 Å². The molecule has 2 unspecified atom stereocenters. The summed E-state index contributed by atoms with van der Waals surface area (Å²) in [5.74, 6) is 1.45. The fourth-order valence-corrected chi connectivity index (χ4v) is 3.46. The highest BCUT2D eigenvalue weighted by atomic mass is 32.1. The van der Waals surface area contributed by atoms with Gasteiger partial charge in [0.05, 0.1) is 4.92 Å². The zero-order chi connectivity index (χ0) is 11.8. The molecule has 0 amide bonds. The lowest BCUT2D eigenvalue weighted by Crippen LogP contribution is -2.39. The lowest BCUT2D eigenvalue weighted by atomic mass is 9.89. The van der Waals surface area contributed by atoms with Gasteiger partial charge in [0.15, 0.2) is 5.13 Å². The Morgan fingerprint density at radius 3 is 3.12 bits per heavy atom. The molecule has 17 heavy (non-hydrogen) atoms. The highest BCUT2D eigenvalue weighted by Crippen LogP contribution is 2.33. The molecule has 0 bridgehead atoms. The molecular formula is C10H14N4O2S. The van der Waals surface area contributed by atoms with Crippen LogP contribution in [-0.2, 0) is 0 Å². The third-order valence-electron chi connectivity index (χ3n) is 3.64. The van der Waals surface area contributed by atoms with Crippen molar-refractivity contribution in [3.8, 4) is 0 Å². The van der Waals surface area contributed by atoms with Crippen molar-refractivity contribution in [3.63, 3.8) is 0 Å². The van der Waals surface area contributed by atoms with E-state index in [9.17, 15) is 10.1 Å². The molecule has 2 atom stereocenters. The second-order valence-electron chi connectivity index (χ2n) is 4.65. The third kappa shape index (κ3) is 2.00. The van der Waals surface area contributed by atoms with Crippen molar-refractivity contribution in [1.82, 2.24) is 10.3 Å². The summed E-state index contributed by atoms with van der Waals surface area (Å²) in [5.41, 5.74) is 0. The topological polar surface area (TPSA) is 71.3 Å². The van der Waals surface area contributed by atoms with Crippen LogP contribution in [0, 0.1) is 22.0 Å². The molecule has 2 aliphatic rings. The van der Waals surface area contributed by atoms with E-state index in [0.717, 1.165) is 43.6 Å². The number of piperidine rings is 1. The minimum Gasteiger partial charge on any atom is -0.348 e. The Balaban J connectivity index is 1.73. The normalized spacial score (nSPS) is 28.1. The second-order valence-corrected chi connectivity index (χ2v) is 5.64. The first-order chi connectivity index (χ1) is 8.24. The van der Waals surface area contributed by atoms with Crippen LogP contribution in [0.2, 0.25) is 0 Å². The van der Waals surface area contributed by atoms with Gasteiger partial charge in [-0.15, -0.1) is 0 Å². The average molecular weight is 254 g/mol. The van der Waals surface area contributed by atoms with Gasteiger partial charge in [-0.05, 0) is 42.7 Å². The van der Waals surface area contributed by atoms with Gasteiger partial charge in [0.1, 0.15) is 6.20 Å². The molecule has 3 heterocycles. The van der Waals surface area contributed by atoms with Gasteiger partial charge in [-0.2, -0.15) is 0 Å². The van der Waals surface area contributed by atoms with Gasteiger partial charge in [0.2, 0.25) is 0 Å².